The van der Waals surface area contributed by atoms with Crippen LogP contribution in [0.4, 0.5) is 0 Å². The van der Waals surface area contributed by atoms with Gasteiger partial charge in [0.1, 0.15) is 5.75 Å². The third-order valence-electron chi connectivity index (χ3n) is 2.64. The van der Waals surface area contributed by atoms with Gasteiger partial charge in [-0.3, -0.25) is 0 Å². The molecule has 0 saturated heterocycles. The number of rotatable bonds is 3. The molecule has 0 aromatic heterocycles. The van der Waals surface area contributed by atoms with Crippen molar-refractivity contribution in [1.29, 1.82) is 0 Å². The first-order valence-corrected chi connectivity index (χ1v) is 5.66. The van der Waals surface area contributed by atoms with E-state index in [2.05, 4.69) is 0 Å². The Kier molecular flexibility index (Phi) is 3.67. The fourth-order valence-electron chi connectivity index (χ4n) is 1.74. The van der Waals surface area contributed by atoms with Crippen LogP contribution >= 0.6 is 11.6 Å². The molecule has 0 aliphatic rings. The van der Waals surface area contributed by atoms with Crippen molar-refractivity contribution < 1.29 is 9.84 Å². The molecular formula is C14H13ClO2. The third-order valence-corrected chi connectivity index (χ3v) is 2.89. The molecule has 2 nitrogen and oxygen atoms in total. The summed E-state index contributed by atoms with van der Waals surface area (Å²) in [6.07, 6.45) is 0. The van der Waals surface area contributed by atoms with E-state index >= 15 is 0 Å². The minimum atomic E-state index is -0.0187. The smallest absolute Gasteiger partial charge is 0.119 e. The first-order chi connectivity index (χ1) is 8.24. The Labute approximate surface area is 105 Å². The number of halogens is 1. The molecule has 0 aliphatic carbocycles. The highest BCUT2D eigenvalue weighted by atomic mass is 35.5. The molecule has 0 radical (unpaired) electrons. The first-order valence-electron chi connectivity index (χ1n) is 5.28. The van der Waals surface area contributed by atoms with Crippen LogP contribution < -0.4 is 4.74 Å². The predicted octanol–water partition coefficient (Wildman–Crippen LogP) is 3.51. The van der Waals surface area contributed by atoms with Crippen LogP contribution in [0.2, 0.25) is 5.02 Å². The predicted molar refractivity (Wildman–Crippen MR) is 69.4 cm³/mol. The highest BCUT2D eigenvalue weighted by Crippen LogP contribution is 2.28. The van der Waals surface area contributed by atoms with Gasteiger partial charge in [-0.05, 0) is 41.0 Å². The van der Waals surface area contributed by atoms with E-state index < -0.39 is 0 Å². The number of ether oxygens (including phenoxy) is 1. The molecular weight excluding hydrogens is 236 g/mol. The zero-order valence-electron chi connectivity index (χ0n) is 9.48. The van der Waals surface area contributed by atoms with Crippen LogP contribution in [0.3, 0.4) is 0 Å². The summed E-state index contributed by atoms with van der Waals surface area (Å²) in [4.78, 5) is 0. The van der Waals surface area contributed by atoms with Crippen LogP contribution in [0.5, 0.6) is 5.75 Å². The van der Waals surface area contributed by atoms with Gasteiger partial charge in [-0.1, -0.05) is 29.8 Å². The lowest BCUT2D eigenvalue weighted by Crippen LogP contribution is -1.91. The molecule has 17 heavy (non-hydrogen) atoms. The number of benzene rings is 2. The van der Waals surface area contributed by atoms with Gasteiger partial charge in [0.2, 0.25) is 0 Å². The average molecular weight is 249 g/mol. The maximum Gasteiger partial charge on any atom is 0.119 e. The van der Waals surface area contributed by atoms with Gasteiger partial charge in [-0.25, -0.2) is 0 Å². The summed E-state index contributed by atoms with van der Waals surface area (Å²) in [7, 11) is 1.61. The van der Waals surface area contributed by atoms with Crippen LogP contribution in [0.1, 0.15) is 5.56 Å². The van der Waals surface area contributed by atoms with E-state index in [0.29, 0.717) is 5.02 Å². The van der Waals surface area contributed by atoms with Crippen molar-refractivity contribution in [3.63, 3.8) is 0 Å². The normalized spacial score (nSPS) is 10.3. The fraction of sp³-hybridized carbons (Fsp3) is 0.143. The third kappa shape index (κ3) is 2.60. The monoisotopic (exact) mass is 248 g/mol. The molecule has 0 fully saturated rings. The van der Waals surface area contributed by atoms with Gasteiger partial charge in [0.15, 0.2) is 0 Å². The molecule has 0 aliphatic heterocycles. The van der Waals surface area contributed by atoms with Gasteiger partial charge in [0.05, 0.1) is 13.7 Å². The molecule has 0 spiro atoms. The zero-order chi connectivity index (χ0) is 12.3. The molecule has 3 heteroatoms. The van der Waals surface area contributed by atoms with E-state index in [-0.39, 0.29) is 6.61 Å². The molecule has 0 heterocycles. The van der Waals surface area contributed by atoms with Gasteiger partial charge < -0.3 is 9.84 Å². The number of methoxy groups -OCH3 is 1. The lowest BCUT2D eigenvalue weighted by Gasteiger charge is -2.09. The topological polar surface area (TPSA) is 29.5 Å². The van der Waals surface area contributed by atoms with E-state index in [0.717, 1.165) is 22.4 Å². The molecule has 0 unspecified atom stereocenters. The quantitative estimate of drug-likeness (QED) is 0.901. The van der Waals surface area contributed by atoms with Crippen molar-refractivity contribution in [2.24, 2.45) is 0 Å². The van der Waals surface area contributed by atoms with Crippen LogP contribution in [0, 0.1) is 0 Å². The summed E-state index contributed by atoms with van der Waals surface area (Å²) in [5.74, 6) is 0.742. The Bertz CT molecular complexity index is 506. The fourth-order valence-corrected chi connectivity index (χ4v) is 1.86. The Balaban J connectivity index is 2.47. The summed E-state index contributed by atoms with van der Waals surface area (Å²) in [6.45, 7) is -0.0187. The largest absolute Gasteiger partial charge is 0.497 e. The first kappa shape index (κ1) is 12.0. The van der Waals surface area contributed by atoms with Crippen molar-refractivity contribution >= 4 is 11.6 Å². The van der Waals surface area contributed by atoms with Gasteiger partial charge in [0.25, 0.3) is 0 Å². The van der Waals surface area contributed by atoms with Crippen LogP contribution in [-0.4, -0.2) is 12.2 Å². The maximum absolute atomic E-state index is 9.37. The van der Waals surface area contributed by atoms with E-state index in [9.17, 15) is 5.11 Å². The van der Waals surface area contributed by atoms with Gasteiger partial charge >= 0.3 is 0 Å². The molecule has 0 amide bonds. The number of aliphatic hydroxyl groups is 1. The molecule has 2 aromatic rings. The summed E-state index contributed by atoms with van der Waals surface area (Å²) >= 11 is 5.85. The Hall–Kier alpha value is -1.51. The molecule has 0 saturated carbocycles. The average Bonchev–Trinajstić information content (AvgIpc) is 2.39. The standard InChI is InChI=1S/C14H13ClO2/c1-17-13-6-7-14(11(8-13)9-16)10-2-4-12(15)5-3-10/h2-8,16H,9H2,1H3. The molecule has 88 valence electrons. The lowest BCUT2D eigenvalue weighted by molar-refractivity contribution is 0.281. The summed E-state index contributed by atoms with van der Waals surface area (Å²) in [5, 5.41) is 10.1. The van der Waals surface area contributed by atoms with Gasteiger partial charge in [-0.15, -0.1) is 0 Å². The molecule has 2 aromatic carbocycles. The number of aliphatic hydroxyl groups excluding tert-OH is 1. The summed E-state index contributed by atoms with van der Waals surface area (Å²) in [6, 6.07) is 13.2. The maximum atomic E-state index is 9.37. The van der Waals surface area contributed by atoms with Gasteiger partial charge in [0, 0.05) is 5.02 Å². The minimum absolute atomic E-state index is 0.0187. The summed E-state index contributed by atoms with van der Waals surface area (Å²) < 4.78 is 5.13. The van der Waals surface area contributed by atoms with E-state index in [1.54, 1.807) is 7.11 Å². The van der Waals surface area contributed by atoms with Crippen molar-refractivity contribution in [3.05, 3.63) is 53.1 Å². The van der Waals surface area contributed by atoms with Gasteiger partial charge in [-0.2, -0.15) is 0 Å². The van der Waals surface area contributed by atoms with E-state index in [1.165, 1.54) is 0 Å². The molecule has 0 atom stereocenters. The van der Waals surface area contributed by atoms with Crippen molar-refractivity contribution in [2.45, 2.75) is 6.61 Å². The second-order valence-electron chi connectivity index (χ2n) is 3.69. The Morgan fingerprint density at radius 2 is 1.82 bits per heavy atom. The van der Waals surface area contributed by atoms with Crippen molar-refractivity contribution in [3.8, 4) is 16.9 Å². The second-order valence-corrected chi connectivity index (χ2v) is 4.12. The number of hydrogen-bond acceptors (Lipinski definition) is 2. The minimum Gasteiger partial charge on any atom is -0.497 e. The highest BCUT2D eigenvalue weighted by Gasteiger charge is 2.06. The van der Waals surface area contributed by atoms with Crippen LogP contribution in [0.15, 0.2) is 42.5 Å². The Morgan fingerprint density at radius 1 is 1.12 bits per heavy atom. The molecule has 1 N–H and O–H groups in total. The lowest BCUT2D eigenvalue weighted by atomic mass is 10.00. The SMILES string of the molecule is COc1ccc(-c2ccc(Cl)cc2)c(CO)c1. The van der Waals surface area contributed by atoms with E-state index in [4.69, 9.17) is 16.3 Å². The second kappa shape index (κ2) is 5.21. The number of hydrogen-bond donors (Lipinski definition) is 1. The molecule has 0 bridgehead atoms. The van der Waals surface area contributed by atoms with Crippen molar-refractivity contribution in [1.82, 2.24) is 0 Å². The Morgan fingerprint density at radius 3 is 2.41 bits per heavy atom. The molecule has 2 rings (SSSR count). The van der Waals surface area contributed by atoms with E-state index in [1.807, 2.05) is 42.5 Å². The van der Waals surface area contributed by atoms with Crippen LogP contribution in [-0.2, 0) is 6.61 Å². The van der Waals surface area contributed by atoms with Crippen molar-refractivity contribution in [2.75, 3.05) is 7.11 Å². The summed E-state index contributed by atoms with van der Waals surface area (Å²) in [5.41, 5.74) is 2.86. The zero-order valence-corrected chi connectivity index (χ0v) is 10.2. The highest BCUT2D eigenvalue weighted by molar-refractivity contribution is 6.30. The van der Waals surface area contributed by atoms with Crippen LogP contribution in [0.25, 0.3) is 11.1 Å².